The molecule has 1 aliphatic rings. The van der Waals surface area contributed by atoms with Gasteiger partial charge in [-0.15, -0.1) is 0 Å². The first-order valence-corrected chi connectivity index (χ1v) is 13.6. The van der Waals surface area contributed by atoms with Crippen LogP contribution in [-0.4, -0.2) is 54.6 Å². The van der Waals surface area contributed by atoms with Crippen LogP contribution in [0.15, 0.2) is 83.7 Å². The fraction of sp³-hybridized carbons (Fsp3) is 0.333. The average molecular weight is 544 g/mol. The number of rotatable bonds is 10. The molecule has 1 amide bonds. The lowest BCUT2D eigenvalue weighted by molar-refractivity contribution is -0.384. The Kier molecular flexibility index (Phi) is 8.26. The summed E-state index contributed by atoms with van der Waals surface area (Å²) in [4.78, 5) is 42.3. The summed E-state index contributed by atoms with van der Waals surface area (Å²) in [5.41, 5.74) is 3.67. The number of likely N-dealkylation sites (tertiary alicyclic amines) is 1. The van der Waals surface area contributed by atoms with Crippen LogP contribution < -0.4 is 5.69 Å². The van der Waals surface area contributed by atoms with Crippen LogP contribution in [0.4, 0.5) is 10.5 Å². The lowest BCUT2D eigenvalue weighted by Crippen LogP contribution is -2.47. The van der Waals surface area contributed by atoms with Gasteiger partial charge in [-0.3, -0.25) is 19.6 Å². The van der Waals surface area contributed by atoms with Crippen LogP contribution in [0, 0.1) is 10.1 Å². The van der Waals surface area contributed by atoms with Gasteiger partial charge in [0.05, 0.1) is 16.0 Å². The number of benzene rings is 3. The summed E-state index contributed by atoms with van der Waals surface area (Å²) < 4.78 is 1.79. The molecule has 2 heterocycles. The number of nitrogens with one attached hydrogen (secondary N) is 1. The molecule has 0 unspecified atom stereocenters. The molecule has 5 rings (SSSR count). The van der Waals surface area contributed by atoms with Gasteiger partial charge in [-0.05, 0) is 55.5 Å². The van der Waals surface area contributed by atoms with Gasteiger partial charge in [-0.25, -0.2) is 9.59 Å². The summed E-state index contributed by atoms with van der Waals surface area (Å²) in [7, 11) is 0. The number of carbonyl (C=O) groups is 1. The number of aromatic nitrogens is 2. The zero-order chi connectivity index (χ0) is 28.1. The van der Waals surface area contributed by atoms with Crippen molar-refractivity contribution in [2.45, 2.75) is 50.9 Å². The summed E-state index contributed by atoms with van der Waals surface area (Å²) in [5.74, 6) is 0. The monoisotopic (exact) mass is 543 g/mol. The Labute approximate surface area is 231 Å². The van der Waals surface area contributed by atoms with Gasteiger partial charge in [0.15, 0.2) is 0 Å². The van der Waals surface area contributed by atoms with Gasteiger partial charge < -0.3 is 15.0 Å². The molecule has 2 atom stereocenters. The van der Waals surface area contributed by atoms with Crippen molar-refractivity contribution >= 4 is 22.8 Å². The Hall–Kier alpha value is -4.44. The van der Waals surface area contributed by atoms with Gasteiger partial charge in [0.25, 0.3) is 5.69 Å². The number of piperidine rings is 1. The number of nitro groups is 1. The summed E-state index contributed by atoms with van der Waals surface area (Å²) in [6, 6.07) is 24.0. The summed E-state index contributed by atoms with van der Waals surface area (Å²) >= 11 is 0. The van der Waals surface area contributed by atoms with Crippen molar-refractivity contribution in [1.82, 2.24) is 19.4 Å². The number of non-ortho nitro benzene ring substituents is 1. The largest absolute Gasteiger partial charge is 0.465 e. The molecule has 3 aromatic carbocycles. The zero-order valence-electron chi connectivity index (χ0n) is 22.2. The van der Waals surface area contributed by atoms with Gasteiger partial charge in [0.2, 0.25) is 0 Å². The van der Waals surface area contributed by atoms with E-state index in [4.69, 9.17) is 0 Å². The first-order chi connectivity index (χ1) is 19.4. The second kappa shape index (κ2) is 12.2. The van der Waals surface area contributed by atoms with Crippen molar-refractivity contribution in [3.63, 3.8) is 0 Å². The van der Waals surface area contributed by atoms with Crippen LogP contribution in [0.3, 0.4) is 0 Å². The highest BCUT2D eigenvalue weighted by molar-refractivity contribution is 5.75. The van der Waals surface area contributed by atoms with Crippen LogP contribution in [0.5, 0.6) is 0 Å². The molecule has 208 valence electrons. The Balaban J connectivity index is 1.29. The standard InChI is InChI=1S/C30H33N5O5/c36-29-31-27-10-4-5-11-28(27)34(29)26-16-18-33(30(37)38)25(19-26)9-6-17-32(20-22-7-2-1-3-8-22)21-23-12-14-24(15-13-23)35(39)40/h1-5,7-8,10-15,25-26H,6,9,16-21H2,(H,31,36)(H,37,38)/t25-,26-/m0/s1. The Bertz CT molecular complexity index is 1520. The van der Waals surface area contributed by atoms with Crippen molar-refractivity contribution in [1.29, 1.82) is 0 Å². The van der Waals surface area contributed by atoms with E-state index in [0.717, 1.165) is 35.1 Å². The zero-order valence-corrected chi connectivity index (χ0v) is 22.2. The predicted octanol–water partition coefficient (Wildman–Crippen LogP) is 5.40. The van der Waals surface area contributed by atoms with Crippen molar-refractivity contribution < 1.29 is 14.8 Å². The SMILES string of the molecule is O=C(O)N1CC[C@H](n2c(=O)[nH]c3ccccc32)C[C@@H]1CCCN(Cc1ccccc1)Cc1ccc([N+](=O)[O-])cc1. The van der Waals surface area contributed by atoms with Gasteiger partial charge in [0.1, 0.15) is 0 Å². The van der Waals surface area contributed by atoms with Crippen LogP contribution >= 0.6 is 0 Å². The van der Waals surface area contributed by atoms with Crippen molar-refractivity contribution in [2.75, 3.05) is 13.1 Å². The first-order valence-electron chi connectivity index (χ1n) is 13.6. The Morgan fingerprint density at radius 1 is 1.00 bits per heavy atom. The van der Waals surface area contributed by atoms with E-state index in [0.29, 0.717) is 38.9 Å². The van der Waals surface area contributed by atoms with E-state index in [9.17, 15) is 24.8 Å². The summed E-state index contributed by atoms with van der Waals surface area (Å²) in [6.07, 6.45) is 1.68. The van der Waals surface area contributed by atoms with E-state index >= 15 is 0 Å². The number of fused-ring (bicyclic) bond motifs is 1. The predicted molar refractivity (Wildman–Crippen MR) is 152 cm³/mol. The molecular formula is C30H33N5O5. The van der Waals surface area contributed by atoms with Crippen LogP contribution in [0.25, 0.3) is 11.0 Å². The minimum Gasteiger partial charge on any atom is -0.465 e. The number of para-hydroxylation sites is 2. The maximum atomic E-state index is 12.8. The third-order valence-electron chi connectivity index (χ3n) is 7.74. The highest BCUT2D eigenvalue weighted by atomic mass is 16.6. The molecule has 0 aliphatic carbocycles. The third kappa shape index (κ3) is 6.23. The fourth-order valence-corrected chi connectivity index (χ4v) is 5.81. The molecule has 4 aromatic rings. The molecule has 1 fully saturated rings. The fourth-order valence-electron chi connectivity index (χ4n) is 5.81. The maximum absolute atomic E-state index is 12.8. The molecule has 1 aliphatic heterocycles. The van der Waals surface area contributed by atoms with Gasteiger partial charge in [-0.1, -0.05) is 54.6 Å². The molecule has 2 N–H and O–H groups in total. The Morgan fingerprint density at radius 3 is 2.38 bits per heavy atom. The Morgan fingerprint density at radius 2 is 1.68 bits per heavy atom. The van der Waals surface area contributed by atoms with Crippen LogP contribution in [-0.2, 0) is 13.1 Å². The molecule has 1 aromatic heterocycles. The molecule has 0 bridgehead atoms. The van der Waals surface area contributed by atoms with Crippen LogP contribution in [0.1, 0.15) is 42.9 Å². The lowest BCUT2D eigenvalue weighted by Gasteiger charge is -2.38. The van der Waals surface area contributed by atoms with E-state index in [1.165, 1.54) is 17.0 Å². The molecule has 10 nitrogen and oxygen atoms in total. The maximum Gasteiger partial charge on any atom is 0.407 e. The number of nitrogens with zero attached hydrogens (tertiary/aromatic N) is 4. The highest BCUT2D eigenvalue weighted by Crippen LogP contribution is 2.31. The smallest absolute Gasteiger partial charge is 0.407 e. The number of amides is 1. The number of hydrogen-bond donors (Lipinski definition) is 2. The molecule has 0 radical (unpaired) electrons. The topological polar surface area (TPSA) is 125 Å². The minimum absolute atomic E-state index is 0.0632. The molecule has 0 saturated carbocycles. The highest BCUT2D eigenvalue weighted by Gasteiger charge is 2.33. The summed E-state index contributed by atoms with van der Waals surface area (Å²) in [5, 5.41) is 21.0. The molecule has 40 heavy (non-hydrogen) atoms. The van der Waals surface area contributed by atoms with Crippen molar-refractivity contribution in [3.05, 3.63) is 111 Å². The van der Waals surface area contributed by atoms with E-state index < -0.39 is 11.0 Å². The van der Waals surface area contributed by atoms with Gasteiger partial charge >= 0.3 is 11.8 Å². The van der Waals surface area contributed by atoms with E-state index in [1.54, 1.807) is 16.7 Å². The van der Waals surface area contributed by atoms with Gasteiger partial charge in [-0.2, -0.15) is 0 Å². The third-order valence-corrected chi connectivity index (χ3v) is 7.74. The second-order valence-corrected chi connectivity index (χ2v) is 10.4. The average Bonchev–Trinajstić information content (AvgIpc) is 3.29. The number of carboxylic acid groups (broad SMARTS) is 1. The first kappa shape index (κ1) is 27.1. The van der Waals surface area contributed by atoms with Crippen LogP contribution in [0.2, 0.25) is 0 Å². The van der Waals surface area contributed by atoms with E-state index in [2.05, 4.69) is 22.0 Å². The quantitative estimate of drug-likeness (QED) is 0.204. The molecule has 1 saturated heterocycles. The second-order valence-electron chi connectivity index (χ2n) is 10.4. The molecular weight excluding hydrogens is 510 g/mol. The van der Waals surface area contributed by atoms with Crippen molar-refractivity contribution in [3.8, 4) is 0 Å². The minimum atomic E-state index is -0.929. The number of H-pyrrole nitrogens is 1. The molecule has 10 heteroatoms. The van der Waals surface area contributed by atoms with Crippen molar-refractivity contribution in [2.24, 2.45) is 0 Å². The van der Waals surface area contributed by atoms with E-state index in [-0.39, 0.29) is 23.5 Å². The summed E-state index contributed by atoms with van der Waals surface area (Å²) in [6.45, 7) is 2.44. The number of nitro benzene ring substituents is 1. The number of aromatic amines is 1. The normalized spacial score (nSPS) is 17.4. The van der Waals surface area contributed by atoms with E-state index in [1.807, 2.05) is 42.5 Å². The lowest BCUT2D eigenvalue weighted by atomic mass is 9.93. The van der Waals surface area contributed by atoms with Gasteiger partial charge in [0, 0.05) is 43.9 Å². The number of imidazole rings is 1. The number of hydrogen-bond acceptors (Lipinski definition) is 5. The molecule has 0 spiro atoms.